The summed E-state index contributed by atoms with van der Waals surface area (Å²) in [5, 5.41) is 6.44. The Morgan fingerprint density at radius 2 is 1.90 bits per heavy atom. The van der Waals surface area contributed by atoms with Crippen LogP contribution in [-0.2, 0) is 4.74 Å². The first-order chi connectivity index (χ1) is 9.92. The van der Waals surface area contributed by atoms with E-state index in [1.165, 1.54) is 19.3 Å². The molecule has 1 aromatic rings. The topological polar surface area (TPSA) is 50.4 Å². The molecule has 21 heavy (non-hydrogen) atoms. The predicted octanol–water partition coefficient (Wildman–Crippen LogP) is 4.24. The van der Waals surface area contributed by atoms with Gasteiger partial charge in [-0.05, 0) is 64.0 Å². The van der Waals surface area contributed by atoms with Crippen molar-refractivity contribution in [3.63, 3.8) is 0 Å². The molecule has 114 valence electrons. The first-order valence-electron chi connectivity index (χ1n) is 7.78. The number of ether oxygens (including phenoxy) is 1. The fourth-order valence-electron chi connectivity index (χ4n) is 3.21. The van der Waals surface area contributed by atoms with Crippen LogP contribution in [0.2, 0.25) is 0 Å². The van der Waals surface area contributed by atoms with Gasteiger partial charge in [-0.3, -0.25) is 5.32 Å². The number of hydrogen-bond acceptors (Lipinski definition) is 3. The zero-order valence-corrected chi connectivity index (χ0v) is 13.0. The van der Waals surface area contributed by atoms with Gasteiger partial charge in [0.1, 0.15) is 5.60 Å². The minimum absolute atomic E-state index is 0.410. The highest BCUT2D eigenvalue weighted by Gasteiger charge is 2.48. The maximum atomic E-state index is 11.9. The van der Waals surface area contributed by atoms with Crippen LogP contribution in [-0.4, -0.2) is 17.7 Å². The fourth-order valence-corrected chi connectivity index (χ4v) is 3.21. The highest BCUT2D eigenvalue weighted by atomic mass is 16.6. The maximum Gasteiger partial charge on any atom is 0.412 e. The Bertz CT molecular complexity index is 536. The van der Waals surface area contributed by atoms with Gasteiger partial charge in [-0.2, -0.15) is 0 Å². The summed E-state index contributed by atoms with van der Waals surface area (Å²) >= 11 is 0. The Morgan fingerprint density at radius 1 is 1.19 bits per heavy atom. The van der Waals surface area contributed by atoms with Gasteiger partial charge in [-0.15, -0.1) is 0 Å². The Hall–Kier alpha value is -1.71. The van der Waals surface area contributed by atoms with Gasteiger partial charge < -0.3 is 10.1 Å². The third kappa shape index (κ3) is 3.49. The van der Waals surface area contributed by atoms with Crippen LogP contribution in [0, 0.1) is 11.8 Å². The van der Waals surface area contributed by atoms with Crippen molar-refractivity contribution in [3.05, 3.63) is 24.3 Å². The molecular weight excluding hydrogens is 264 g/mol. The van der Waals surface area contributed by atoms with Gasteiger partial charge in [-0.25, -0.2) is 4.79 Å². The lowest BCUT2D eigenvalue weighted by Crippen LogP contribution is -2.28. The van der Waals surface area contributed by atoms with Gasteiger partial charge in [0.05, 0.1) is 11.4 Å². The van der Waals surface area contributed by atoms with Crippen molar-refractivity contribution in [3.8, 4) is 0 Å². The van der Waals surface area contributed by atoms with E-state index in [1.807, 2.05) is 45.0 Å². The molecule has 0 aliphatic heterocycles. The second-order valence-electron chi connectivity index (χ2n) is 7.16. The summed E-state index contributed by atoms with van der Waals surface area (Å²) in [4.78, 5) is 11.9. The number of carbonyl (C=O) groups excluding carboxylic acids is 1. The van der Waals surface area contributed by atoms with Crippen molar-refractivity contribution in [2.24, 2.45) is 11.8 Å². The lowest BCUT2D eigenvalue weighted by atomic mass is 10.1. The Labute approximate surface area is 126 Å². The van der Waals surface area contributed by atoms with Gasteiger partial charge in [0.15, 0.2) is 0 Å². The van der Waals surface area contributed by atoms with Crippen LogP contribution in [0.3, 0.4) is 0 Å². The SMILES string of the molecule is CC(C)(C)OC(=O)Nc1ccccc1NC1CCC2CC21. The molecule has 3 rings (SSSR count). The molecule has 2 saturated carbocycles. The number of benzene rings is 1. The number of nitrogens with one attached hydrogen (secondary N) is 2. The van der Waals surface area contributed by atoms with Crippen LogP contribution >= 0.6 is 0 Å². The lowest BCUT2D eigenvalue weighted by molar-refractivity contribution is 0.0636. The zero-order chi connectivity index (χ0) is 15.0. The molecule has 4 nitrogen and oxygen atoms in total. The highest BCUT2D eigenvalue weighted by molar-refractivity contribution is 5.89. The monoisotopic (exact) mass is 288 g/mol. The van der Waals surface area contributed by atoms with Gasteiger partial charge in [0.25, 0.3) is 0 Å². The van der Waals surface area contributed by atoms with Crippen molar-refractivity contribution < 1.29 is 9.53 Å². The van der Waals surface area contributed by atoms with Gasteiger partial charge in [0, 0.05) is 6.04 Å². The molecule has 0 spiro atoms. The quantitative estimate of drug-likeness (QED) is 0.874. The normalized spacial score (nSPS) is 26.9. The molecule has 0 aromatic heterocycles. The summed E-state index contributed by atoms with van der Waals surface area (Å²) in [6.45, 7) is 5.59. The number of rotatable bonds is 3. The van der Waals surface area contributed by atoms with Gasteiger partial charge >= 0.3 is 6.09 Å². The third-order valence-electron chi connectivity index (χ3n) is 4.25. The van der Waals surface area contributed by atoms with E-state index in [2.05, 4.69) is 10.6 Å². The number of anilines is 2. The van der Waals surface area contributed by atoms with E-state index in [0.29, 0.717) is 6.04 Å². The second kappa shape index (κ2) is 5.24. The molecule has 0 bridgehead atoms. The van der Waals surface area contributed by atoms with Gasteiger partial charge in [0.2, 0.25) is 0 Å². The van der Waals surface area contributed by atoms with E-state index < -0.39 is 11.7 Å². The smallest absolute Gasteiger partial charge is 0.412 e. The Morgan fingerprint density at radius 3 is 2.48 bits per heavy atom. The number of amides is 1. The molecule has 0 saturated heterocycles. The van der Waals surface area contributed by atoms with Crippen molar-refractivity contribution >= 4 is 17.5 Å². The van der Waals surface area contributed by atoms with Crippen molar-refractivity contribution in [2.75, 3.05) is 10.6 Å². The molecular formula is C17H24N2O2. The van der Waals surface area contributed by atoms with Crippen LogP contribution in [0.4, 0.5) is 16.2 Å². The highest BCUT2D eigenvalue weighted by Crippen LogP contribution is 2.52. The second-order valence-corrected chi connectivity index (χ2v) is 7.16. The first-order valence-corrected chi connectivity index (χ1v) is 7.78. The molecule has 4 heteroatoms. The number of para-hydroxylation sites is 2. The lowest BCUT2D eigenvalue weighted by Gasteiger charge is -2.22. The van der Waals surface area contributed by atoms with E-state index in [0.717, 1.165) is 23.2 Å². The van der Waals surface area contributed by atoms with E-state index in [-0.39, 0.29) is 0 Å². The molecule has 1 aromatic carbocycles. The average Bonchev–Trinajstić information content (AvgIpc) is 3.05. The van der Waals surface area contributed by atoms with Crippen LogP contribution in [0.5, 0.6) is 0 Å². The number of hydrogen-bond donors (Lipinski definition) is 2. The van der Waals surface area contributed by atoms with Crippen LogP contribution < -0.4 is 10.6 Å². The molecule has 2 N–H and O–H groups in total. The van der Waals surface area contributed by atoms with Crippen molar-refractivity contribution in [2.45, 2.75) is 51.7 Å². The zero-order valence-electron chi connectivity index (χ0n) is 13.0. The van der Waals surface area contributed by atoms with Crippen molar-refractivity contribution in [1.82, 2.24) is 0 Å². The fraction of sp³-hybridized carbons (Fsp3) is 0.588. The third-order valence-corrected chi connectivity index (χ3v) is 4.25. The Balaban J connectivity index is 1.66. The van der Waals surface area contributed by atoms with E-state index in [1.54, 1.807) is 0 Å². The summed E-state index contributed by atoms with van der Waals surface area (Å²) in [5.41, 5.74) is 1.29. The minimum atomic E-state index is -0.487. The van der Waals surface area contributed by atoms with Crippen LogP contribution in [0.25, 0.3) is 0 Å². The van der Waals surface area contributed by atoms with Crippen molar-refractivity contribution in [1.29, 1.82) is 0 Å². The molecule has 2 aliphatic carbocycles. The van der Waals surface area contributed by atoms with E-state index in [9.17, 15) is 4.79 Å². The summed E-state index contributed by atoms with van der Waals surface area (Å²) in [6.07, 6.45) is 3.52. The largest absolute Gasteiger partial charge is 0.444 e. The molecule has 0 radical (unpaired) electrons. The van der Waals surface area contributed by atoms with E-state index in [4.69, 9.17) is 4.74 Å². The van der Waals surface area contributed by atoms with Crippen LogP contribution in [0.15, 0.2) is 24.3 Å². The molecule has 3 unspecified atom stereocenters. The maximum absolute atomic E-state index is 11.9. The van der Waals surface area contributed by atoms with Gasteiger partial charge in [-0.1, -0.05) is 12.1 Å². The molecule has 1 amide bonds. The first kappa shape index (κ1) is 14.2. The summed E-state index contributed by atoms with van der Waals surface area (Å²) < 4.78 is 5.32. The molecule has 3 atom stereocenters. The standard InChI is InChI=1S/C17H24N2O2/c1-17(2,3)21-16(20)19-15-7-5-4-6-14(15)18-13-9-8-11-10-12(11)13/h4-7,11-13,18H,8-10H2,1-3H3,(H,19,20). The van der Waals surface area contributed by atoms with Crippen LogP contribution in [0.1, 0.15) is 40.0 Å². The van der Waals surface area contributed by atoms with E-state index >= 15 is 0 Å². The number of fused-ring (bicyclic) bond motifs is 1. The average molecular weight is 288 g/mol. The summed E-state index contributed by atoms with van der Waals surface area (Å²) in [7, 11) is 0. The summed E-state index contributed by atoms with van der Waals surface area (Å²) in [5.74, 6) is 1.77. The minimum Gasteiger partial charge on any atom is -0.444 e. The summed E-state index contributed by atoms with van der Waals surface area (Å²) in [6, 6.07) is 8.39. The molecule has 2 fully saturated rings. The predicted molar refractivity (Wildman–Crippen MR) is 84.5 cm³/mol. The molecule has 0 heterocycles. The molecule has 2 aliphatic rings. The number of carbonyl (C=O) groups is 1. The Kier molecular flexibility index (Phi) is 3.56.